The zero-order valence-electron chi connectivity index (χ0n) is 19.5. The molecule has 1 amide bonds. The highest BCUT2D eigenvalue weighted by Gasteiger charge is 2.23. The number of hydrogen-bond acceptors (Lipinski definition) is 4. The number of hydrogen-bond donors (Lipinski definition) is 1. The molecule has 0 aliphatic heterocycles. The summed E-state index contributed by atoms with van der Waals surface area (Å²) in [5.74, 6) is -0.280. The van der Waals surface area contributed by atoms with E-state index in [0.29, 0.717) is 13.1 Å². The summed E-state index contributed by atoms with van der Waals surface area (Å²) in [6.45, 7) is 2.71. The Morgan fingerprint density at radius 1 is 0.800 bits per heavy atom. The van der Waals surface area contributed by atoms with Crippen molar-refractivity contribution < 1.29 is 13.2 Å². The topological polar surface area (TPSA) is 79.4 Å². The molecule has 0 fully saturated rings. The average Bonchev–Trinajstić information content (AvgIpc) is 2.89. The minimum absolute atomic E-state index is 0.147. The summed E-state index contributed by atoms with van der Waals surface area (Å²) in [5, 5.41) is 0. The standard InChI is InChI=1S/C28H27N3O3S/c1-2-22-14-16-25(17-15-22)35(33,34)30-27-13-7-6-12-26(27)28(32)31(20-23-9-4-3-5-10-23)21-24-11-8-18-29-19-24/h3-19,30H,2,20-21H2,1H3. The predicted molar refractivity (Wildman–Crippen MR) is 137 cm³/mol. The van der Waals surface area contributed by atoms with Crippen LogP contribution in [0.2, 0.25) is 0 Å². The van der Waals surface area contributed by atoms with Gasteiger partial charge in [-0.05, 0) is 53.4 Å². The largest absolute Gasteiger partial charge is 0.330 e. The van der Waals surface area contributed by atoms with Crippen LogP contribution in [-0.4, -0.2) is 24.2 Å². The molecule has 35 heavy (non-hydrogen) atoms. The van der Waals surface area contributed by atoms with Crippen LogP contribution in [0.25, 0.3) is 0 Å². The van der Waals surface area contributed by atoms with Crippen LogP contribution in [0, 0.1) is 0 Å². The van der Waals surface area contributed by atoms with E-state index >= 15 is 0 Å². The van der Waals surface area contributed by atoms with Crippen molar-refractivity contribution in [1.29, 1.82) is 0 Å². The third kappa shape index (κ3) is 6.13. The number of carbonyl (C=O) groups is 1. The molecule has 0 aliphatic rings. The molecule has 6 nitrogen and oxygen atoms in total. The van der Waals surface area contributed by atoms with Crippen LogP contribution in [-0.2, 0) is 29.5 Å². The highest BCUT2D eigenvalue weighted by Crippen LogP contribution is 2.24. The summed E-state index contributed by atoms with van der Waals surface area (Å²) in [6.07, 6.45) is 4.23. The van der Waals surface area contributed by atoms with Crippen molar-refractivity contribution in [2.45, 2.75) is 31.3 Å². The Kier molecular flexibility index (Phi) is 7.57. The number of aryl methyl sites for hydroxylation is 1. The molecule has 0 spiro atoms. The van der Waals surface area contributed by atoms with Crippen LogP contribution >= 0.6 is 0 Å². The second kappa shape index (κ2) is 11.0. The molecular weight excluding hydrogens is 458 g/mol. The number of para-hydroxylation sites is 1. The average molecular weight is 486 g/mol. The molecular formula is C28H27N3O3S. The van der Waals surface area contributed by atoms with Crippen LogP contribution in [0.15, 0.2) is 108 Å². The van der Waals surface area contributed by atoms with E-state index in [1.807, 2.05) is 49.4 Å². The van der Waals surface area contributed by atoms with Crippen LogP contribution < -0.4 is 4.72 Å². The maximum atomic E-state index is 13.8. The number of carbonyl (C=O) groups excluding carboxylic acids is 1. The monoisotopic (exact) mass is 485 g/mol. The summed E-state index contributed by atoms with van der Waals surface area (Å²) in [4.78, 5) is 19.7. The van der Waals surface area contributed by atoms with Crippen LogP contribution in [0.1, 0.15) is 34.0 Å². The third-order valence-electron chi connectivity index (χ3n) is 5.64. The molecule has 1 N–H and O–H groups in total. The van der Waals surface area contributed by atoms with Crippen molar-refractivity contribution in [3.63, 3.8) is 0 Å². The minimum atomic E-state index is -3.87. The number of amides is 1. The molecule has 4 aromatic rings. The van der Waals surface area contributed by atoms with Crippen molar-refractivity contribution in [1.82, 2.24) is 9.88 Å². The van der Waals surface area contributed by atoms with E-state index in [1.54, 1.807) is 65.8 Å². The first-order chi connectivity index (χ1) is 17.0. The van der Waals surface area contributed by atoms with Gasteiger partial charge in [-0.2, -0.15) is 0 Å². The van der Waals surface area contributed by atoms with Gasteiger partial charge in [0.15, 0.2) is 0 Å². The van der Waals surface area contributed by atoms with Crippen molar-refractivity contribution in [2.75, 3.05) is 4.72 Å². The fourth-order valence-electron chi connectivity index (χ4n) is 3.75. The van der Waals surface area contributed by atoms with E-state index in [-0.39, 0.29) is 22.1 Å². The Morgan fingerprint density at radius 2 is 1.46 bits per heavy atom. The van der Waals surface area contributed by atoms with E-state index in [1.165, 1.54) is 0 Å². The first-order valence-electron chi connectivity index (χ1n) is 11.4. The smallest absolute Gasteiger partial charge is 0.261 e. The zero-order chi connectivity index (χ0) is 24.7. The summed E-state index contributed by atoms with van der Waals surface area (Å²) in [5.41, 5.74) is 3.42. The second-order valence-corrected chi connectivity index (χ2v) is 9.84. The summed E-state index contributed by atoms with van der Waals surface area (Å²) >= 11 is 0. The number of sulfonamides is 1. The zero-order valence-corrected chi connectivity index (χ0v) is 20.3. The maximum Gasteiger partial charge on any atom is 0.261 e. The number of anilines is 1. The quantitative estimate of drug-likeness (QED) is 0.349. The van der Waals surface area contributed by atoms with Gasteiger partial charge >= 0.3 is 0 Å². The van der Waals surface area contributed by atoms with Gasteiger partial charge in [0.25, 0.3) is 15.9 Å². The number of nitrogens with zero attached hydrogens (tertiary/aromatic N) is 2. The number of rotatable bonds is 9. The molecule has 0 aliphatic carbocycles. The van der Waals surface area contributed by atoms with Gasteiger partial charge in [0, 0.05) is 25.5 Å². The maximum absolute atomic E-state index is 13.8. The third-order valence-corrected chi connectivity index (χ3v) is 7.02. The van der Waals surface area contributed by atoms with Gasteiger partial charge in [0.1, 0.15) is 0 Å². The van der Waals surface area contributed by atoms with Gasteiger partial charge in [-0.15, -0.1) is 0 Å². The molecule has 3 aromatic carbocycles. The Bertz CT molecular complexity index is 1330. The molecule has 0 atom stereocenters. The van der Waals surface area contributed by atoms with E-state index in [4.69, 9.17) is 0 Å². The van der Waals surface area contributed by atoms with Crippen LogP contribution in [0.5, 0.6) is 0 Å². The Morgan fingerprint density at radius 3 is 2.14 bits per heavy atom. The van der Waals surface area contributed by atoms with Gasteiger partial charge < -0.3 is 4.90 Å². The van der Waals surface area contributed by atoms with Crippen molar-refractivity contribution >= 4 is 21.6 Å². The van der Waals surface area contributed by atoms with Gasteiger partial charge in [-0.25, -0.2) is 8.42 Å². The molecule has 178 valence electrons. The van der Waals surface area contributed by atoms with E-state index < -0.39 is 10.0 Å². The van der Waals surface area contributed by atoms with Crippen molar-refractivity contribution in [2.24, 2.45) is 0 Å². The molecule has 0 saturated heterocycles. The van der Waals surface area contributed by atoms with E-state index in [9.17, 15) is 13.2 Å². The number of benzene rings is 3. The molecule has 4 rings (SSSR count). The lowest BCUT2D eigenvalue weighted by Crippen LogP contribution is -2.31. The van der Waals surface area contributed by atoms with Crippen LogP contribution in [0.4, 0.5) is 5.69 Å². The Balaban J connectivity index is 1.64. The number of aromatic nitrogens is 1. The SMILES string of the molecule is CCc1ccc(S(=O)(=O)Nc2ccccc2C(=O)N(Cc2ccccc2)Cc2cccnc2)cc1. The molecule has 0 bridgehead atoms. The van der Waals surface area contributed by atoms with Gasteiger partial charge in [0.2, 0.25) is 0 Å². The fourth-order valence-corrected chi connectivity index (χ4v) is 4.83. The van der Waals surface area contributed by atoms with E-state index in [2.05, 4.69) is 9.71 Å². The Labute approximate surface area is 206 Å². The van der Waals surface area contributed by atoms with Crippen molar-refractivity contribution in [3.8, 4) is 0 Å². The van der Waals surface area contributed by atoms with Gasteiger partial charge in [-0.1, -0.05) is 67.6 Å². The summed E-state index contributed by atoms with van der Waals surface area (Å²) in [6, 6.07) is 26.8. The summed E-state index contributed by atoms with van der Waals surface area (Å²) < 4.78 is 28.8. The highest BCUT2D eigenvalue weighted by molar-refractivity contribution is 7.92. The molecule has 0 saturated carbocycles. The predicted octanol–water partition coefficient (Wildman–Crippen LogP) is 5.29. The molecule has 0 radical (unpaired) electrons. The first-order valence-corrected chi connectivity index (χ1v) is 12.9. The fraction of sp³-hybridized carbons (Fsp3) is 0.143. The van der Waals surface area contributed by atoms with Crippen LogP contribution in [0.3, 0.4) is 0 Å². The molecule has 1 aromatic heterocycles. The lowest BCUT2D eigenvalue weighted by molar-refractivity contribution is 0.0731. The van der Waals surface area contributed by atoms with Gasteiger partial charge in [0.05, 0.1) is 16.1 Å². The Hall–Kier alpha value is -3.97. The highest BCUT2D eigenvalue weighted by atomic mass is 32.2. The first kappa shape index (κ1) is 24.2. The molecule has 7 heteroatoms. The van der Waals surface area contributed by atoms with E-state index in [0.717, 1.165) is 23.1 Å². The summed E-state index contributed by atoms with van der Waals surface area (Å²) in [7, 11) is -3.87. The second-order valence-electron chi connectivity index (χ2n) is 8.16. The van der Waals surface area contributed by atoms with Gasteiger partial charge in [-0.3, -0.25) is 14.5 Å². The number of nitrogens with one attached hydrogen (secondary N) is 1. The van der Waals surface area contributed by atoms with Crippen molar-refractivity contribution in [3.05, 3.63) is 126 Å². The molecule has 1 heterocycles. The molecule has 0 unspecified atom stereocenters. The normalized spacial score (nSPS) is 11.1. The minimum Gasteiger partial charge on any atom is -0.330 e. The lowest BCUT2D eigenvalue weighted by atomic mass is 10.1. The number of pyridine rings is 1. The lowest BCUT2D eigenvalue weighted by Gasteiger charge is -2.24.